The number of halogens is 1. The Labute approximate surface area is 314 Å². The number of hydrogen-bond donors (Lipinski definition) is 1. The minimum atomic E-state index is -1.30. The molecule has 280 valence electrons. The van der Waals surface area contributed by atoms with Crippen LogP contribution < -0.4 is 9.64 Å². The summed E-state index contributed by atoms with van der Waals surface area (Å²) < 4.78 is 18.4. The number of unbranched alkanes of at least 4 members (excludes halogenated alkanes) is 2. The van der Waals surface area contributed by atoms with E-state index in [9.17, 15) is 24.3 Å². The molecule has 0 saturated carbocycles. The zero-order chi connectivity index (χ0) is 37.6. The zero-order valence-corrected chi connectivity index (χ0v) is 31.8. The molecule has 0 radical (unpaired) electrons. The Hall–Kier alpha value is -4.00. The molecule has 2 bridgehead atoms. The Morgan fingerprint density at radius 2 is 1.81 bits per heavy atom. The minimum Gasteiger partial charge on any atom is -0.497 e. The van der Waals surface area contributed by atoms with Gasteiger partial charge >= 0.3 is 5.97 Å². The van der Waals surface area contributed by atoms with Gasteiger partial charge in [-0.1, -0.05) is 58.4 Å². The van der Waals surface area contributed by atoms with E-state index in [4.69, 9.17) is 14.2 Å². The summed E-state index contributed by atoms with van der Waals surface area (Å²) in [5.74, 6) is -2.74. The molecule has 0 aromatic heterocycles. The molecule has 3 aliphatic heterocycles. The summed E-state index contributed by atoms with van der Waals surface area (Å²) in [6.45, 7) is 9.89. The highest BCUT2D eigenvalue weighted by atomic mass is 79.9. The fourth-order valence-electron chi connectivity index (χ4n) is 7.97. The van der Waals surface area contributed by atoms with Crippen LogP contribution in [0.25, 0.3) is 0 Å². The Bertz CT molecular complexity index is 1610. The average Bonchev–Trinajstić information content (AvgIpc) is 3.75. The van der Waals surface area contributed by atoms with Gasteiger partial charge in [-0.25, -0.2) is 0 Å². The second-order valence-electron chi connectivity index (χ2n) is 13.8. The number of carbonyl (C=O) groups is 4. The number of likely N-dealkylation sites (N-methyl/N-ethyl adjacent to an activating group) is 1. The molecule has 3 saturated heterocycles. The van der Waals surface area contributed by atoms with E-state index in [0.29, 0.717) is 49.1 Å². The number of fused-ring (bicyclic) bond motifs is 1. The van der Waals surface area contributed by atoms with Crippen molar-refractivity contribution in [3.63, 3.8) is 0 Å². The number of amides is 3. The number of nitrogens with zero attached hydrogens (tertiary/aromatic N) is 3. The summed E-state index contributed by atoms with van der Waals surface area (Å²) in [5.41, 5.74) is 0.00514. The molecule has 2 aromatic rings. The van der Waals surface area contributed by atoms with Crippen LogP contribution in [0.15, 0.2) is 79.9 Å². The smallest absolute Gasteiger partial charge is 0.313 e. The number of benzene rings is 2. The van der Waals surface area contributed by atoms with Gasteiger partial charge in [0.25, 0.3) is 5.91 Å². The van der Waals surface area contributed by atoms with E-state index in [1.54, 1.807) is 65.3 Å². The van der Waals surface area contributed by atoms with Crippen LogP contribution in [0, 0.1) is 11.8 Å². The second kappa shape index (κ2) is 17.2. The van der Waals surface area contributed by atoms with Gasteiger partial charge in [0.15, 0.2) is 0 Å². The number of ether oxygens (including phenoxy) is 3. The first-order valence-electron chi connectivity index (χ1n) is 18.0. The summed E-state index contributed by atoms with van der Waals surface area (Å²) in [6, 6.07) is 14.8. The Morgan fingerprint density at radius 1 is 1.10 bits per heavy atom. The molecule has 1 unspecified atom stereocenters. The molecule has 5 rings (SSSR count). The van der Waals surface area contributed by atoms with Crippen molar-refractivity contribution in [2.24, 2.45) is 11.8 Å². The molecule has 8 atom stereocenters. The molecule has 3 heterocycles. The number of likely N-dealkylation sites (tertiary alicyclic amines) is 1. The van der Waals surface area contributed by atoms with Crippen LogP contribution in [0.2, 0.25) is 0 Å². The van der Waals surface area contributed by atoms with Gasteiger partial charge in [-0.15, -0.1) is 13.2 Å². The number of rotatable bonds is 18. The Morgan fingerprint density at radius 3 is 2.44 bits per heavy atom. The monoisotopic (exact) mass is 779 g/mol. The lowest BCUT2D eigenvalue weighted by Gasteiger charge is -2.37. The van der Waals surface area contributed by atoms with Crippen LogP contribution in [0.5, 0.6) is 5.75 Å². The van der Waals surface area contributed by atoms with Crippen LogP contribution >= 0.6 is 15.9 Å². The number of esters is 1. The van der Waals surface area contributed by atoms with E-state index in [-0.39, 0.29) is 48.7 Å². The Kier molecular flexibility index (Phi) is 13.0. The molecule has 3 amide bonds. The highest BCUT2D eigenvalue weighted by Gasteiger charge is 2.77. The summed E-state index contributed by atoms with van der Waals surface area (Å²) in [4.78, 5) is 61.6. The highest BCUT2D eigenvalue weighted by Crippen LogP contribution is 2.60. The SMILES string of the molecule is C=CCCC(=O)N(C)[C@H](C)[C@H](OC(=O)[C@H]1[C@@H]2O[C@@]3(CC2Br)[C@@H]1C(=O)N(CCCCCO)[C@@H]3C(=O)N(CC=C)c1ccc(OC)cc1)c1ccccc1. The normalized spacial score (nSPS) is 25.6. The Balaban J connectivity index is 1.51. The molecule has 1 N–H and O–H groups in total. The van der Waals surface area contributed by atoms with E-state index in [1.807, 2.05) is 37.3 Å². The summed E-state index contributed by atoms with van der Waals surface area (Å²) in [7, 11) is 3.25. The summed E-state index contributed by atoms with van der Waals surface area (Å²) in [6.07, 6.45) is 4.65. The van der Waals surface area contributed by atoms with Crippen molar-refractivity contribution in [2.75, 3.05) is 38.8 Å². The lowest BCUT2D eigenvalue weighted by Crippen LogP contribution is -2.57. The number of aliphatic hydroxyl groups is 1. The number of carbonyl (C=O) groups excluding carboxylic acids is 4. The van der Waals surface area contributed by atoms with E-state index in [1.165, 1.54) is 0 Å². The molecule has 11 nitrogen and oxygen atoms in total. The molecule has 3 aliphatic rings. The first-order valence-corrected chi connectivity index (χ1v) is 18.9. The third-order valence-corrected chi connectivity index (χ3v) is 11.5. The first kappa shape index (κ1) is 39.2. The van der Waals surface area contributed by atoms with Gasteiger partial charge in [0.1, 0.15) is 23.5 Å². The van der Waals surface area contributed by atoms with Gasteiger partial charge in [0.2, 0.25) is 11.8 Å². The lowest BCUT2D eigenvalue weighted by atomic mass is 9.70. The molecule has 1 spiro atoms. The number of aliphatic hydroxyl groups excluding tert-OH is 1. The maximum atomic E-state index is 14.9. The maximum absolute atomic E-state index is 14.9. The topological polar surface area (TPSA) is 126 Å². The molecule has 3 fully saturated rings. The van der Waals surface area contributed by atoms with Crippen LogP contribution in [0.4, 0.5) is 5.69 Å². The van der Waals surface area contributed by atoms with Crippen molar-refractivity contribution in [1.29, 1.82) is 0 Å². The number of methoxy groups -OCH3 is 1. The molecule has 52 heavy (non-hydrogen) atoms. The number of hydrogen-bond acceptors (Lipinski definition) is 8. The molecular weight excluding hydrogens is 730 g/mol. The van der Waals surface area contributed by atoms with Crippen molar-refractivity contribution in [3.05, 3.63) is 85.5 Å². The van der Waals surface area contributed by atoms with Crippen molar-refractivity contribution in [3.8, 4) is 5.75 Å². The van der Waals surface area contributed by atoms with Crippen molar-refractivity contribution >= 4 is 45.3 Å². The summed E-state index contributed by atoms with van der Waals surface area (Å²) >= 11 is 3.75. The third kappa shape index (κ3) is 7.56. The molecule has 2 aromatic carbocycles. The predicted octanol–water partition coefficient (Wildman–Crippen LogP) is 5.22. The van der Waals surface area contributed by atoms with Gasteiger partial charge in [-0.3, -0.25) is 19.2 Å². The zero-order valence-electron chi connectivity index (χ0n) is 30.2. The van der Waals surface area contributed by atoms with Crippen molar-refractivity contribution < 1.29 is 38.5 Å². The van der Waals surface area contributed by atoms with E-state index in [0.717, 1.165) is 0 Å². The number of allylic oxidation sites excluding steroid dienone is 1. The molecular formula is C40H50BrN3O8. The fourth-order valence-corrected chi connectivity index (χ4v) is 8.92. The van der Waals surface area contributed by atoms with E-state index in [2.05, 4.69) is 29.1 Å². The first-order chi connectivity index (χ1) is 25.0. The van der Waals surface area contributed by atoms with Gasteiger partial charge in [0.05, 0.1) is 31.1 Å². The minimum absolute atomic E-state index is 0.0213. The summed E-state index contributed by atoms with van der Waals surface area (Å²) in [5, 5.41) is 9.42. The van der Waals surface area contributed by atoms with E-state index < -0.39 is 47.7 Å². The van der Waals surface area contributed by atoms with Gasteiger partial charge < -0.3 is 34.0 Å². The van der Waals surface area contributed by atoms with Crippen LogP contribution in [-0.4, -0.2) is 101 Å². The standard InChI is InChI=1S/C40H50BrN3O8/c1-6-8-17-31(46)42(4)26(3)34(27-15-11-9-12-16-27)51-39(49)32-33-37(47)44(23-13-10-14-24-45)36(40(33)25-30(41)35(32)52-40)38(48)43(22-7-2)28-18-20-29(50-5)21-19-28/h6-7,9,11-12,15-16,18-21,26,30,32-36,45H,1-2,8,10,13-14,17,22-25H2,3-5H3/t26-,30?,32-,33+,34+,35-,36-,40+/m1/s1. The van der Waals surface area contributed by atoms with Crippen molar-refractivity contribution in [2.45, 2.75) is 80.2 Å². The predicted molar refractivity (Wildman–Crippen MR) is 201 cm³/mol. The quantitative estimate of drug-likeness (QED) is 0.0946. The van der Waals surface area contributed by atoms with Crippen molar-refractivity contribution in [1.82, 2.24) is 9.80 Å². The van der Waals surface area contributed by atoms with Crippen LogP contribution in [0.1, 0.15) is 57.1 Å². The van der Waals surface area contributed by atoms with Crippen LogP contribution in [-0.2, 0) is 28.7 Å². The fraction of sp³-hybridized carbons (Fsp3) is 0.500. The van der Waals surface area contributed by atoms with Gasteiger partial charge in [0, 0.05) is 43.7 Å². The second-order valence-corrected chi connectivity index (χ2v) is 14.9. The number of anilines is 1. The largest absolute Gasteiger partial charge is 0.497 e. The van der Waals surface area contributed by atoms with E-state index >= 15 is 0 Å². The maximum Gasteiger partial charge on any atom is 0.313 e. The molecule has 0 aliphatic carbocycles. The third-order valence-electron chi connectivity index (χ3n) is 10.7. The average molecular weight is 781 g/mol. The van der Waals surface area contributed by atoms with Gasteiger partial charge in [-0.2, -0.15) is 0 Å². The number of alkyl halides is 1. The molecule has 12 heteroatoms. The van der Waals surface area contributed by atoms with Crippen LogP contribution in [0.3, 0.4) is 0 Å². The van der Waals surface area contributed by atoms with Gasteiger partial charge in [-0.05, 0) is 68.9 Å². The lowest BCUT2D eigenvalue weighted by molar-refractivity contribution is -0.164. The highest BCUT2D eigenvalue weighted by molar-refractivity contribution is 9.09.